The fraction of sp³-hybridized carbons (Fsp3) is 0.269. The summed E-state index contributed by atoms with van der Waals surface area (Å²) in [5, 5.41) is 3.04. The highest BCUT2D eigenvalue weighted by Gasteiger charge is 2.37. The third-order valence-corrected chi connectivity index (χ3v) is 7.63. The Morgan fingerprint density at radius 1 is 1.00 bits per heavy atom. The minimum atomic E-state index is -3.88. The van der Waals surface area contributed by atoms with Crippen molar-refractivity contribution < 1.29 is 17.9 Å². The van der Waals surface area contributed by atoms with Gasteiger partial charge in [0.15, 0.2) is 6.10 Å². The van der Waals surface area contributed by atoms with Gasteiger partial charge in [-0.25, -0.2) is 8.42 Å². The van der Waals surface area contributed by atoms with E-state index in [0.29, 0.717) is 17.9 Å². The van der Waals surface area contributed by atoms with Gasteiger partial charge in [0, 0.05) is 0 Å². The van der Waals surface area contributed by atoms with Gasteiger partial charge < -0.3 is 10.1 Å². The van der Waals surface area contributed by atoms with Crippen LogP contribution in [0.5, 0.6) is 5.75 Å². The van der Waals surface area contributed by atoms with Gasteiger partial charge in [0.25, 0.3) is 15.9 Å². The van der Waals surface area contributed by atoms with Crippen molar-refractivity contribution in [1.82, 2.24) is 5.32 Å². The highest BCUT2D eigenvalue weighted by molar-refractivity contribution is 7.92. The first kappa shape index (κ1) is 22.9. The van der Waals surface area contributed by atoms with Gasteiger partial charge in [-0.15, -0.1) is 0 Å². The van der Waals surface area contributed by atoms with Gasteiger partial charge in [0.05, 0.1) is 23.2 Å². The molecule has 33 heavy (non-hydrogen) atoms. The predicted molar refractivity (Wildman–Crippen MR) is 129 cm³/mol. The number of fused-ring (bicyclic) bond motifs is 1. The van der Waals surface area contributed by atoms with Crippen LogP contribution < -0.4 is 14.4 Å². The Morgan fingerprint density at radius 2 is 1.61 bits per heavy atom. The number of carbonyl (C=O) groups excluding carboxylic acids is 1. The molecule has 2 unspecified atom stereocenters. The van der Waals surface area contributed by atoms with Crippen LogP contribution in [0.1, 0.15) is 36.1 Å². The molecule has 7 heteroatoms. The number of amides is 1. The molecule has 6 nitrogen and oxygen atoms in total. The lowest BCUT2D eigenvalue weighted by Crippen LogP contribution is -2.51. The van der Waals surface area contributed by atoms with E-state index in [9.17, 15) is 13.2 Å². The number of anilines is 1. The standard InChI is InChI=1S/C26H28N2O4S/c1-4-22(20-13-9-18(2)10-14-20)27-26(29)25-17-28(23-7-5-6-8-24(23)32-25)33(30,31)21-15-11-19(3)12-16-21/h5-16,22,25H,4,17H2,1-3H3,(H,27,29). The molecule has 0 saturated heterocycles. The average molecular weight is 465 g/mol. The summed E-state index contributed by atoms with van der Waals surface area (Å²) in [6.45, 7) is 5.80. The van der Waals surface area contributed by atoms with Crippen LogP contribution in [0.15, 0.2) is 77.7 Å². The Labute approximate surface area is 195 Å². The van der Waals surface area contributed by atoms with Gasteiger partial charge in [0.2, 0.25) is 0 Å². The summed E-state index contributed by atoms with van der Waals surface area (Å²) in [7, 11) is -3.88. The molecule has 0 aliphatic carbocycles. The molecule has 0 spiro atoms. The van der Waals surface area contributed by atoms with Gasteiger partial charge >= 0.3 is 0 Å². The number of carbonyl (C=O) groups is 1. The minimum absolute atomic E-state index is 0.108. The second-order valence-corrected chi connectivity index (χ2v) is 10.2. The molecule has 0 saturated carbocycles. The Morgan fingerprint density at radius 3 is 2.24 bits per heavy atom. The Bertz CT molecular complexity index is 1240. The molecule has 0 radical (unpaired) electrons. The van der Waals surface area contributed by atoms with Crippen LogP contribution in [0.3, 0.4) is 0 Å². The van der Waals surface area contributed by atoms with E-state index < -0.39 is 16.1 Å². The molecule has 0 bridgehead atoms. The van der Waals surface area contributed by atoms with Crippen molar-refractivity contribution in [3.8, 4) is 5.75 Å². The second kappa shape index (κ2) is 9.27. The summed E-state index contributed by atoms with van der Waals surface area (Å²) in [5.74, 6) is 0.0176. The summed E-state index contributed by atoms with van der Waals surface area (Å²) in [6, 6.07) is 21.4. The van der Waals surface area contributed by atoms with Gasteiger partial charge in [0.1, 0.15) is 5.75 Å². The van der Waals surface area contributed by atoms with Gasteiger partial charge in [-0.05, 0) is 50.1 Å². The van der Waals surface area contributed by atoms with E-state index in [4.69, 9.17) is 4.74 Å². The van der Waals surface area contributed by atoms with E-state index in [2.05, 4.69) is 5.32 Å². The predicted octanol–water partition coefficient (Wildman–Crippen LogP) is 4.53. The SMILES string of the molecule is CCC(NC(=O)C1CN(S(=O)(=O)c2ccc(C)cc2)c2ccccc2O1)c1ccc(C)cc1. The lowest BCUT2D eigenvalue weighted by atomic mass is 10.0. The first-order valence-electron chi connectivity index (χ1n) is 11.0. The lowest BCUT2D eigenvalue weighted by molar-refractivity contribution is -0.128. The molecule has 1 amide bonds. The molecule has 172 valence electrons. The van der Waals surface area contributed by atoms with Crippen molar-refractivity contribution >= 4 is 21.6 Å². The van der Waals surface area contributed by atoms with Gasteiger partial charge in [-0.2, -0.15) is 0 Å². The number of nitrogens with one attached hydrogen (secondary N) is 1. The number of sulfonamides is 1. The molecule has 2 atom stereocenters. The van der Waals surface area contributed by atoms with Crippen LogP contribution in [0, 0.1) is 13.8 Å². The maximum Gasteiger partial charge on any atom is 0.264 e. The molecular formula is C26H28N2O4S. The maximum atomic E-state index is 13.5. The zero-order chi connectivity index (χ0) is 23.6. The average Bonchev–Trinajstić information content (AvgIpc) is 2.82. The summed E-state index contributed by atoms with van der Waals surface area (Å²) in [6.07, 6.45) is -0.275. The fourth-order valence-electron chi connectivity index (χ4n) is 3.89. The number of aryl methyl sites for hydroxylation is 2. The van der Waals surface area contributed by atoms with Gasteiger partial charge in [-0.3, -0.25) is 9.10 Å². The van der Waals surface area contributed by atoms with Gasteiger partial charge in [-0.1, -0.05) is 66.6 Å². The van der Waals surface area contributed by atoms with E-state index in [1.54, 1.807) is 48.5 Å². The van der Waals surface area contributed by atoms with Crippen LogP contribution in [-0.2, 0) is 14.8 Å². The largest absolute Gasteiger partial charge is 0.476 e. The van der Waals surface area contributed by atoms with Crippen LogP contribution in [-0.4, -0.2) is 27.0 Å². The quantitative estimate of drug-likeness (QED) is 0.582. The first-order chi connectivity index (χ1) is 15.8. The topological polar surface area (TPSA) is 75.7 Å². The molecule has 1 aliphatic rings. The van der Waals surface area contributed by atoms with E-state index in [1.165, 1.54) is 4.31 Å². The third kappa shape index (κ3) is 4.73. The van der Waals surface area contributed by atoms with Crippen LogP contribution in [0.2, 0.25) is 0 Å². The number of nitrogens with zero attached hydrogens (tertiary/aromatic N) is 1. The van der Waals surface area contributed by atoms with E-state index in [-0.39, 0.29) is 23.4 Å². The highest BCUT2D eigenvalue weighted by Crippen LogP contribution is 2.37. The van der Waals surface area contributed by atoms with Crippen molar-refractivity contribution in [2.75, 3.05) is 10.8 Å². The summed E-state index contributed by atoms with van der Waals surface area (Å²) >= 11 is 0. The molecule has 0 fully saturated rings. The van der Waals surface area contributed by atoms with Crippen molar-refractivity contribution in [2.45, 2.75) is 44.2 Å². The molecule has 1 heterocycles. The number of hydrogen-bond acceptors (Lipinski definition) is 4. The van der Waals surface area contributed by atoms with E-state index in [0.717, 1.165) is 16.7 Å². The lowest BCUT2D eigenvalue weighted by Gasteiger charge is -2.35. The molecular weight excluding hydrogens is 436 g/mol. The number of ether oxygens (including phenoxy) is 1. The summed E-state index contributed by atoms with van der Waals surface area (Å²) in [4.78, 5) is 13.4. The van der Waals surface area contributed by atoms with Crippen LogP contribution in [0.4, 0.5) is 5.69 Å². The first-order valence-corrected chi connectivity index (χ1v) is 12.5. The fourth-order valence-corrected chi connectivity index (χ4v) is 5.36. The normalized spacial score (nSPS) is 16.5. The zero-order valence-corrected chi connectivity index (χ0v) is 19.8. The Kier molecular flexibility index (Phi) is 6.42. The number of para-hydroxylation sites is 2. The monoisotopic (exact) mass is 464 g/mol. The molecule has 3 aromatic carbocycles. The Hall–Kier alpha value is -3.32. The van der Waals surface area contributed by atoms with Crippen molar-refractivity contribution in [3.05, 3.63) is 89.5 Å². The van der Waals surface area contributed by atoms with Crippen LogP contribution >= 0.6 is 0 Å². The number of hydrogen-bond donors (Lipinski definition) is 1. The molecule has 1 aliphatic heterocycles. The maximum absolute atomic E-state index is 13.5. The number of benzene rings is 3. The zero-order valence-electron chi connectivity index (χ0n) is 19.0. The second-order valence-electron chi connectivity index (χ2n) is 8.30. The van der Waals surface area contributed by atoms with Crippen LogP contribution in [0.25, 0.3) is 0 Å². The molecule has 0 aromatic heterocycles. The minimum Gasteiger partial charge on any atom is -0.476 e. The van der Waals surface area contributed by atoms with Crippen molar-refractivity contribution in [1.29, 1.82) is 0 Å². The summed E-state index contributed by atoms with van der Waals surface area (Å²) in [5.41, 5.74) is 3.53. The Balaban J connectivity index is 1.62. The third-order valence-electron chi connectivity index (χ3n) is 5.84. The molecule has 4 rings (SSSR count). The smallest absolute Gasteiger partial charge is 0.264 e. The van der Waals surface area contributed by atoms with E-state index in [1.807, 2.05) is 45.0 Å². The molecule has 1 N–H and O–H groups in total. The summed E-state index contributed by atoms with van der Waals surface area (Å²) < 4.78 is 34.2. The van der Waals surface area contributed by atoms with Crippen molar-refractivity contribution in [3.63, 3.8) is 0 Å². The highest BCUT2D eigenvalue weighted by atomic mass is 32.2. The number of rotatable bonds is 6. The molecule has 3 aromatic rings. The van der Waals surface area contributed by atoms with E-state index >= 15 is 0 Å². The van der Waals surface area contributed by atoms with Crippen molar-refractivity contribution in [2.24, 2.45) is 0 Å².